The summed E-state index contributed by atoms with van der Waals surface area (Å²) in [5.41, 5.74) is 4.51. The van der Waals surface area contributed by atoms with Crippen LogP contribution in [0.3, 0.4) is 0 Å². The third-order valence-corrected chi connectivity index (χ3v) is 6.65. The van der Waals surface area contributed by atoms with Gasteiger partial charge in [-0.1, -0.05) is 66.7 Å². The molecule has 0 radical (unpaired) electrons. The minimum absolute atomic E-state index is 0.162. The average molecular weight is 530 g/mol. The quantitative estimate of drug-likeness (QED) is 0.228. The molecule has 1 unspecified atom stereocenters. The SMILES string of the molecule is O=C(O)C(=O)O.O=C(c1ccccc1)C(CCN1CC=C(c2cc(F)cc3ccoc23)CC1)c1ccccc1. The van der Waals surface area contributed by atoms with E-state index in [0.717, 1.165) is 65.7 Å². The normalized spacial score (nSPS) is 14.1. The summed E-state index contributed by atoms with van der Waals surface area (Å²) in [7, 11) is 0. The molecule has 0 bridgehead atoms. The van der Waals surface area contributed by atoms with Gasteiger partial charge in [-0.05, 0) is 48.7 Å². The van der Waals surface area contributed by atoms with Crippen molar-refractivity contribution in [3.63, 3.8) is 0 Å². The minimum atomic E-state index is -1.82. The van der Waals surface area contributed by atoms with Gasteiger partial charge in [-0.15, -0.1) is 0 Å². The monoisotopic (exact) mass is 529 g/mol. The molecule has 2 N–H and O–H groups in total. The second-order valence-corrected chi connectivity index (χ2v) is 9.16. The van der Waals surface area contributed by atoms with Crippen molar-refractivity contribution in [1.82, 2.24) is 4.90 Å². The van der Waals surface area contributed by atoms with Gasteiger partial charge in [-0.25, -0.2) is 14.0 Å². The lowest BCUT2D eigenvalue weighted by Crippen LogP contribution is -2.31. The molecular formula is C31H28FNO6. The van der Waals surface area contributed by atoms with Crippen molar-refractivity contribution in [3.05, 3.63) is 114 Å². The van der Waals surface area contributed by atoms with Gasteiger partial charge < -0.3 is 14.6 Å². The highest BCUT2D eigenvalue weighted by molar-refractivity contribution is 6.27. The predicted molar refractivity (Wildman–Crippen MR) is 145 cm³/mol. The first-order valence-corrected chi connectivity index (χ1v) is 12.5. The minimum Gasteiger partial charge on any atom is -0.473 e. The van der Waals surface area contributed by atoms with E-state index in [2.05, 4.69) is 11.0 Å². The molecule has 0 fully saturated rings. The second kappa shape index (κ2) is 12.8. The van der Waals surface area contributed by atoms with Gasteiger partial charge in [0.25, 0.3) is 0 Å². The van der Waals surface area contributed by atoms with E-state index in [1.165, 1.54) is 6.07 Å². The summed E-state index contributed by atoms with van der Waals surface area (Å²) in [6.45, 7) is 2.46. The third kappa shape index (κ3) is 7.06. The number of hydrogen-bond donors (Lipinski definition) is 2. The fraction of sp³-hybridized carbons (Fsp3) is 0.194. The molecule has 5 rings (SSSR count). The summed E-state index contributed by atoms with van der Waals surface area (Å²) >= 11 is 0. The average Bonchev–Trinajstić information content (AvgIpc) is 3.43. The maximum absolute atomic E-state index is 14.1. The van der Waals surface area contributed by atoms with E-state index in [1.807, 2.05) is 60.7 Å². The summed E-state index contributed by atoms with van der Waals surface area (Å²) in [6, 6.07) is 24.4. The summed E-state index contributed by atoms with van der Waals surface area (Å²) in [6.07, 6.45) is 5.35. The number of nitrogens with zero attached hydrogens (tertiary/aromatic N) is 1. The number of Topliss-reactive ketones (excluding diaryl/α,β-unsaturated/α-hetero) is 1. The number of furan rings is 1. The fourth-order valence-electron chi connectivity index (χ4n) is 4.69. The molecule has 8 heteroatoms. The first kappa shape index (κ1) is 27.5. The van der Waals surface area contributed by atoms with E-state index in [0.29, 0.717) is 0 Å². The Kier molecular flexibility index (Phi) is 9.01. The molecule has 39 heavy (non-hydrogen) atoms. The lowest BCUT2D eigenvalue weighted by molar-refractivity contribution is -0.159. The van der Waals surface area contributed by atoms with Gasteiger partial charge in [0.2, 0.25) is 0 Å². The Hall–Kier alpha value is -4.56. The molecule has 1 aliphatic rings. The van der Waals surface area contributed by atoms with Crippen molar-refractivity contribution in [3.8, 4) is 0 Å². The third-order valence-electron chi connectivity index (χ3n) is 6.65. The van der Waals surface area contributed by atoms with Crippen molar-refractivity contribution in [2.75, 3.05) is 19.6 Å². The Labute approximate surface area is 224 Å². The van der Waals surface area contributed by atoms with Gasteiger partial charge >= 0.3 is 11.9 Å². The number of carbonyl (C=O) groups excluding carboxylic acids is 1. The lowest BCUT2D eigenvalue weighted by atomic mass is 9.87. The van der Waals surface area contributed by atoms with Crippen molar-refractivity contribution in [2.45, 2.75) is 18.8 Å². The maximum atomic E-state index is 14.1. The van der Waals surface area contributed by atoms with Crippen LogP contribution in [0.15, 0.2) is 95.6 Å². The molecule has 3 aromatic carbocycles. The van der Waals surface area contributed by atoms with Crippen molar-refractivity contribution in [2.24, 2.45) is 0 Å². The molecule has 0 amide bonds. The number of benzene rings is 3. The zero-order valence-electron chi connectivity index (χ0n) is 21.1. The van der Waals surface area contributed by atoms with Crippen molar-refractivity contribution in [1.29, 1.82) is 0 Å². The lowest BCUT2D eigenvalue weighted by Gasteiger charge is -2.28. The molecule has 1 aliphatic heterocycles. The predicted octanol–water partition coefficient (Wildman–Crippen LogP) is 5.87. The molecule has 0 saturated carbocycles. The Balaban J connectivity index is 0.000000531. The fourth-order valence-corrected chi connectivity index (χ4v) is 4.69. The zero-order chi connectivity index (χ0) is 27.8. The van der Waals surface area contributed by atoms with Gasteiger partial charge in [0, 0.05) is 35.5 Å². The first-order valence-electron chi connectivity index (χ1n) is 12.5. The number of carboxylic acids is 2. The number of ketones is 1. The van der Waals surface area contributed by atoms with E-state index in [1.54, 1.807) is 18.4 Å². The number of rotatable bonds is 7. The van der Waals surface area contributed by atoms with E-state index in [-0.39, 0.29) is 17.5 Å². The van der Waals surface area contributed by atoms with E-state index in [9.17, 15) is 9.18 Å². The van der Waals surface area contributed by atoms with Gasteiger partial charge in [0.05, 0.1) is 6.26 Å². The molecule has 1 atom stereocenters. The number of carboxylic acid groups (broad SMARTS) is 2. The molecule has 0 spiro atoms. The number of hydrogen-bond acceptors (Lipinski definition) is 5. The van der Waals surface area contributed by atoms with Crippen molar-refractivity contribution >= 4 is 34.3 Å². The van der Waals surface area contributed by atoms with E-state index in [4.69, 9.17) is 24.2 Å². The number of aliphatic carboxylic acids is 2. The number of fused-ring (bicyclic) bond motifs is 1. The van der Waals surface area contributed by atoms with Gasteiger partial charge in [0.15, 0.2) is 5.78 Å². The van der Waals surface area contributed by atoms with E-state index >= 15 is 0 Å². The summed E-state index contributed by atoms with van der Waals surface area (Å²) in [5.74, 6) is -3.91. The van der Waals surface area contributed by atoms with Crippen LogP contribution in [0, 0.1) is 5.82 Å². The highest BCUT2D eigenvalue weighted by Gasteiger charge is 2.24. The van der Waals surface area contributed by atoms with E-state index < -0.39 is 11.9 Å². The second-order valence-electron chi connectivity index (χ2n) is 9.16. The largest absolute Gasteiger partial charge is 0.473 e. The first-order chi connectivity index (χ1) is 18.8. The molecule has 1 aromatic heterocycles. The molecule has 7 nitrogen and oxygen atoms in total. The molecular weight excluding hydrogens is 501 g/mol. The summed E-state index contributed by atoms with van der Waals surface area (Å²) < 4.78 is 19.7. The van der Waals surface area contributed by atoms with Crippen LogP contribution < -0.4 is 0 Å². The highest BCUT2D eigenvalue weighted by Crippen LogP contribution is 2.32. The standard InChI is InChI=1S/C29H26FNO2.C2H2O4/c30-25-19-24-14-18-33-29(24)27(20-25)22-11-15-31(16-12-22)17-13-26(21-7-3-1-4-8-21)28(32)23-9-5-2-6-10-23;3-1(4)2(5)6/h1-11,14,18-20,26H,12-13,15-17H2;(H,3,4)(H,5,6). The van der Waals surface area contributed by atoms with Crippen molar-refractivity contribution < 1.29 is 33.4 Å². The molecule has 200 valence electrons. The maximum Gasteiger partial charge on any atom is 0.414 e. The van der Waals surface area contributed by atoms with Gasteiger partial charge in [0.1, 0.15) is 11.4 Å². The number of carbonyl (C=O) groups is 3. The van der Waals surface area contributed by atoms with Crippen LogP contribution >= 0.6 is 0 Å². The van der Waals surface area contributed by atoms with Crippen LogP contribution in [0.25, 0.3) is 16.5 Å². The Morgan fingerprint density at radius 3 is 2.21 bits per heavy atom. The van der Waals surface area contributed by atoms with Crippen LogP contribution in [0.4, 0.5) is 4.39 Å². The summed E-state index contributed by atoms with van der Waals surface area (Å²) in [4.78, 5) is 33.9. The smallest absolute Gasteiger partial charge is 0.414 e. The summed E-state index contributed by atoms with van der Waals surface area (Å²) in [5, 5.41) is 15.6. The zero-order valence-corrected chi connectivity index (χ0v) is 21.1. The van der Waals surface area contributed by atoms with Gasteiger partial charge in [-0.3, -0.25) is 9.69 Å². The molecule has 4 aromatic rings. The Morgan fingerprint density at radius 1 is 0.923 bits per heavy atom. The van der Waals surface area contributed by atoms with Crippen LogP contribution in [0.1, 0.15) is 40.2 Å². The number of halogens is 1. The molecule has 0 aliphatic carbocycles. The Bertz CT molecular complexity index is 1470. The van der Waals surface area contributed by atoms with Crippen LogP contribution in [-0.4, -0.2) is 52.5 Å². The Morgan fingerprint density at radius 2 is 1.59 bits per heavy atom. The highest BCUT2D eigenvalue weighted by atomic mass is 19.1. The van der Waals surface area contributed by atoms with Gasteiger partial charge in [-0.2, -0.15) is 0 Å². The molecule has 2 heterocycles. The van der Waals surface area contributed by atoms with Crippen LogP contribution in [0.2, 0.25) is 0 Å². The molecule has 0 saturated heterocycles. The van der Waals surface area contributed by atoms with Crippen LogP contribution in [0.5, 0.6) is 0 Å². The topological polar surface area (TPSA) is 108 Å². The van der Waals surface area contributed by atoms with Crippen LogP contribution in [-0.2, 0) is 9.59 Å².